The van der Waals surface area contributed by atoms with Crippen molar-refractivity contribution in [2.75, 3.05) is 31.1 Å². The van der Waals surface area contributed by atoms with Gasteiger partial charge in [0.25, 0.3) is 0 Å². The first kappa shape index (κ1) is 17.1. The lowest BCUT2D eigenvalue weighted by molar-refractivity contribution is -0.121. The molecule has 0 saturated carbocycles. The number of rotatable bonds is 4. The number of benzene rings is 2. The van der Waals surface area contributed by atoms with Crippen LogP contribution in [0.15, 0.2) is 59.8 Å². The van der Waals surface area contributed by atoms with Crippen molar-refractivity contribution in [1.29, 1.82) is 0 Å². The molecule has 1 atom stereocenters. The number of anilines is 1. The number of oxime groups is 1. The minimum Gasteiger partial charge on any atom is -0.390 e. The molecule has 26 heavy (non-hydrogen) atoms. The van der Waals surface area contributed by atoms with Crippen LogP contribution in [0.2, 0.25) is 5.02 Å². The van der Waals surface area contributed by atoms with Crippen LogP contribution in [0.4, 0.5) is 5.69 Å². The largest absolute Gasteiger partial charge is 0.390 e. The van der Waals surface area contributed by atoms with Crippen LogP contribution in [0.25, 0.3) is 0 Å². The molecule has 2 aliphatic rings. The summed E-state index contributed by atoms with van der Waals surface area (Å²) in [6.45, 7) is 2.48. The first-order valence-electron chi connectivity index (χ1n) is 8.76. The van der Waals surface area contributed by atoms with Crippen molar-refractivity contribution >= 4 is 28.9 Å². The number of carbonyl (C=O) groups is 1. The summed E-state index contributed by atoms with van der Waals surface area (Å²) in [6, 6.07) is 17.5. The third-order valence-corrected chi connectivity index (χ3v) is 5.06. The molecule has 1 amide bonds. The Balaban J connectivity index is 1.33. The summed E-state index contributed by atoms with van der Waals surface area (Å²) in [6.07, 6.45) is 0.757. The van der Waals surface area contributed by atoms with E-state index in [1.807, 2.05) is 54.6 Å². The van der Waals surface area contributed by atoms with Crippen molar-refractivity contribution in [2.45, 2.75) is 12.5 Å². The van der Waals surface area contributed by atoms with Gasteiger partial charge in [0.1, 0.15) is 6.10 Å². The third-order valence-electron chi connectivity index (χ3n) is 4.74. The van der Waals surface area contributed by atoms with E-state index in [1.165, 1.54) is 0 Å². The number of carbonyl (C=O) groups excluding carboxylic acids is 1. The normalized spacial score (nSPS) is 20.8. The lowest BCUT2D eigenvalue weighted by Crippen LogP contribution is -2.52. The van der Waals surface area contributed by atoms with E-state index in [1.54, 1.807) is 4.90 Å². The van der Waals surface area contributed by atoms with Gasteiger partial charge in [0.2, 0.25) is 5.91 Å². The van der Waals surface area contributed by atoms with Crippen LogP contribution < -0.4 is 4.90 Å². The minimum absolute atomic E-state index is 0.00938. The average Bonchev–Trinajstić information content (AvgIpc) is 3.12. The summed E-state index contributed by atoms with van der Waals surface area (Å²) in [5, 5.41) is 4.83. The first-order valence-corrected chi connectivity index (χ1v) is 9.14. The zero-order chi connectivity index (χ0) is 17.9. The molecular formula is C20H20ClN3O2. The summed E-state index contributed by atoms with van der Waals surface area (Å²) in [7, 11) is 0. The molecular weight excluding hydrogens is 350 g/mol. The second-order valence-electron chi connectivity index (χ2n) is 6.57. The molecule has 0 aliphatic carbocycles. The van der Waals surface area contributed by atoms with Gasteiger partial charge in [-0.25, -0.2) is 0 Å². The summed E-state index contributed by atoms with van der Waals surface area (Å²) >= 11 is 6.23. The van der Waals surface area contributed by atoms with Crippen LogP contribution in [0, 0.1) is 0 Å². The van der Waals surface area contributed by atoms with Gasteiger partial charge in [0.15, 0.2) is 0 Å². The van der Waals surface area contributed by atoms with E-state index in [0.29, 0.717) is 24.7 Å². The Hall–Kier alpha value is -2.37. The molecule has 0 N–H and O–H groups in total. The Kier molecular flexibility index (Phi) is 4.91. The standard InChI is InChI=1S/C20H20ClN3O2/c21-17-8-4-5-9-19(17)24-11-10-23(14-20(24)25)13-16-12-18(22-26-16)15-6-2-1-3-7-15/h1-9,16H,10-14H2/t16-/m1/s1. The molecule has 2 aromatic carbocycles. The molecule has 5 nitrogen and oxygen atoms in total. The first-order chi connectivity index (χ1) is 12.7. The van der Waals surface area contributed by atoms with Crippen LogP contribution >= 0.6 is 11.6 Å². The number of hydrogen-bond donors (Lipinski definition) is 0. The second kappa shape index (κ2) is 7.48. The van der Waals surface area contributed by atoms with Crippen molar-refractivity contribution in [3.8, 4) is 0 Å². The fraction of sp³-hybridized carbons (Fsp3) is 0.300. The molecule has 0 radical (unpaired) electrons. The summed E-state index contributed by atoms with van der Waals surface area (Å²) in [5.41, 5.74) is 2.84. The molecule has 0 unspecified atom stereocenters. The fourth-order valence-electron chi connectivity index (χ4n) is 3.42. The van der Waals surface area contributed by atoms with Crippen LogP contribution in [-0.4, -0.2) is 48.8 Å². The number of nitrogens with zero attached hydrogens (tertiary/aromatic N) is 3. The van der Waals surface area contributed by atoms with Gasteiger partial charge < -0.3 is 9.74 Å². The smallest absolute Gasteiger partial charge is 0.241 e. The van der Waals surface area contributed by atoms with Gasteiger partial charge in [0, 0.05) is 26.1 Å². The van der Waals surface area contributed by atoms with Gasteiger partial charge in [-0.1, -0.05) is 59.2 Å². The molecule has 6 heteroatoms. The third kappa shape index (κ3) is 3.59. The van der Waals surface area contributed by atoms with Gasteiger partial charge in [-0.2, -0.15) is 0 Å². The highest BCUT2D eigenvalue weighted by atomic mass is 35.5. The van der Waals surface area contributed by atoms with E-state index in [2.05, 4.69) is 10.1 Å². The Morgan fingerprint density at radius 1 is 1.08 bits per heavy atom. The van der Waals surface area contributed by atoms with Crippen molar-refractivity contribution in [2.24, 2.45) is 5.16 Å². The van der Waals surface area contributed by atoms with Gasteiger partial charge in [-0.3, -0.25) is 9.69 Å². The quantitative estimate of drug-likeness (QED) is 0.831. The maximum atomic E-state index is 12.6. The lowest BCUT2D eigenvalue weighted by Gasteiger charge is -2.35. The maximum Gasteiger partial charge on any atom is 0.241 e. The Morgan fingerprint density at radius 3 is 2.62 bits per heavy atom. The number of halogens is 1. The van der Waals surface area contributed by atoms with Crippen molar-refractivity contribution in [3.05, 3.63) is 65.2 Å². The van der Waals surface area contributed by atoms with E-state index in [-0.39, 0.29) is 12.0 Å². The summed E-state index contributed by atoms with van der Waals surface area (Å²) in [4.78, 5) is 22.1. The molecule has 1 saturated heterocycles. The highest BCUT2D eigenvalue weighted by molar-refractivity contribution is 6.33. The minimum atomic E-state index is -0.00938. The van der Waals surface area contributed by atoms with Crippen molar-refractivity contribution in [1.82, 2.24) is 4.90 Å². The zero-order valence-corrected chi connectivity index (χ0v) is 15.1. The van der Waals surface area contributed by atoms with E-state index < -0.39 is 0 Å². The van der Waals surface area contributed by atoms with Crippen LogP contribution in [-0.2, 0) is 9.63 Å². The SMILES string of the molecule is O=C1CN(C[C@H]2CC(c3ccccc3)=NO2)CCN1c1ccccc1Cl. The van der Waals surface area contributed by atoms with E-state index in [9.17, 15) is 4.79 Å². The highest BCUT2D eigenvalue weighted by Gasteiger charge is 2.30. The summed E-state index contributed by atoms with van der Waals surface area (Å²) < 4.78 is 0. The lowest BCUT2D eigenvalue weighted by atomic mass is 10.0. The number of amides is 1. The maximum absolute atomic E-state index is 12.6. The molecule has 0 spiro atoms. The average molecular weight is 370 g/mol. The molecule has 2 aromatic rings. The van der Waals surface area contributed by atoms with E-state index in [4.69, 9.17) is 16.4 Å². The Morgan fingerprint density at radius 2 is 1.85 bits per heavy atom. The van der Waals surface area contributed by atoms with Crippen LogP contribution in [0.5, 0.6) is 0 Å². The molecule has 2 aliphatic heterocycles. The fourth-order valence-corrected chi connectivity index (χ4v) is 3.66. The number of piperazine rings is 1. The predicted molar refractivity (Wildman–Crippen MR) is 103 cm³/mol. The zero-order valence-electron chi connectivity index (χ0n) is 14.3. The van der Waals surface area contributed by atoms with E-state index in [0.717, 1.165) is 29.9 Å². The molecule has 4 rings (SSSR count). The topological polar surface area (TPSA) is 45.1 Å². The van der Waals surface area contributed by atoms with Gasteiger partial charge in [-0.15, -0.1) is 0 Å². The number of para-hydroxylation sites is 1. The number of hydrogen-bond acceptors (Lipinski definition) is 4. The van der Waals surface area contributed by atoms with Gasteiger partial charge >= 0.3 is 0 Å². The van der Waals surface area contributed by atoms with E-state index >= 15 is 0 Å². The highest BCUT2D eigenvalue weighted by Crippen LogP contribution is 2.27. The molecule has 0 bridgehead atoms. The molecule has 134 valence electrons. The summed E-state index contributed by atoms with van der Waals surface area (Å²) in [5.74, 6) is 0.0616. The molecule has 0 aromatic heterocycles. The van der Waals surface area contributed by atoms with Crippen molar-refractivity contribution < 1.29 is 9.63 Å². The predicted octanol–water partition coefficient (Wildman–Crippen LogP) is 3.18. The molecule has 1 fully saturated rings. The van der Waals surface area contributed by atoms with Crippen LogP contribution in [0.3, 0.4) is 0 Å². The monoisotopic (exact) mass is 369 g/mol. The Bertz CT molecular complexity index is 825. The van der Waals surface area contributed by atoms with Gasteiger partial charge in [0.05, 0.1) is 23.0 Å². The Labute approximate surface area is 157 Å². The second-order valence-corrected chi connectivity index (χ2v) is 6.97. The van der Waals surface area contributed by atoms with Crippen LogP contribution in [0.1, 0.15) is 12.0 Å². The molecule has 2 heterocycles. The van der Waals surface area contributed by atoms with Gasteiger partial charge in [-0.05, 0) is 17.7 Å². The van der Waals surface area contributed by atoms with Crippen molar-refractivity contribution in [3.63, 3.8) is 0 Å².